The third-order valence-corrected chi connectivity index (χ3v) is 8.36. The molecule has 3 aliphatic rings. The van der Waals surface area contributed by atoms with Crippen LogP contribution < -0.4 is 15.2 Å². The maximum absolute atomic E-state index is 11.7. The number of nitrogen functional groups attached to an aromatic ring is 1. The van der Waals surface area contributed by atoms with Crippen molar-refractivity contribution in [3.8, 4) is 11.5 Å². The van der Waals surface area contributed by atoms with Crippen molar-refractivity contribution in [2.45, 2.75) is 64.3 Å². The number of ether oxygens (including phenoxy) is 2. The molecule has 4 heterocycles. The number of imidazole rings is 1. The fourth-order valence-corrected chi connectivity index (χ4v) is 6.00. The van der Waals surface area contributed by atoms with Crippen LogP contribution in [-0.2, 0) is 17.8 Å². The second-order valence-electron chi connectivity index (χ2n) is 10.5. The number of aromatic nitrogens is 4. The second-order valence-corrected chi connectivity index (χ2v) is 10.8. The molecule has 37 heavy (non-hydrogen) atoms. The lowest BCUT2D eigenvalue weighted by Gasteiger charge is -2.31. The Balaban J connectivity index is 1.32. The Morgan fingerprint density at radius 3 is 2.49 bits per heavy atom. The first kappa shape index (κ1) is 24.3. The van der Waals surface area contributed by atoms with Gasteiger partial charge in [0.15, 0.2) is 28.5 Å². The lowest BCUT2D eigenvalue weighted by molar-refractivity contribution is -0.130. The topological polar surface area (TPSA) is 108 Å². The highest BCUT2D eigenvalue weighted by atomic mass is 35.5. The van der Waals surface area contributed by atoms with Gasteiger partial charge in [-0.15, -0.1) is 0 Å². The summed E-state index contributed by atoms with van der Waals surface area (Å²) in [5, 5.41) is 0.127. The van der Waals surface area contributed by atoms with Crippen LogP contribution in [0.1, 0.15) is 68.3 Å². The van der Waals surface area contributed by atoms with Gasteiger partial charge in [-0.3, -0.25) is 4.79 Å². The number of likely N-dealkylation sites (tertiary alicyclic amines) is 1. The van der Waals surface area contributed by atoms with Crippen molar-refractivity contribution in [3.05, 3.63) is 34.4 Å². The summed E-state index contributed by atoms with van der Waals surface area (Å²) in [7, 11) is 0. The third-order valence-electron chi connectivity index (χ3n) is 8.19. The zero-order chi connectivity index (χ0) is 25.5. The fraction of sp³-hybridized carbons (Fsp3) is 0.556. The van der Waals surface area contributed by atoms with E-state index in [9.17, 15) is 4.79 Å². The van der Waals surface area contributed by atoms with E-state index in [-0.39, 0.29) is 11.2 Å². The molecule has 1 amide bonds. The monoisotopic (exact) mass is 524 g/mol. The molecule has 196 valence electrons. The van der Waals surface area contributed by atoms with E-state index >= 15 is 0 Å². The average molecular weight is 525 g/mol. The maximum Gasteiger partial charge on any atom is 0.226 e. The number of hydrogen-bond donors (Lipinski definition) is 1. The Labute approximate surface area is 221 Å². The predicted octanol–water partition coefficient (Wildman–Crippen LogP) is 4.34. The van der Waals surface area contributed by atoms with Gasteiger partial charge in [-0.25, -0.2) is 4.98 Å². The van der Waals surface area contributed by atoms with Gasteiger partial charge in [0, 0.05) is 33.0 Å². The van der Waals surface area contributed by atoms with E-state index in [0.29, 0.717) is 48.5 Å². The van der Waals surface area contributed by atoms with Gasteiger partial charge >= 0.3 is 0 Å². The predicted molar refractivity (Wildman–Crippen MR) is 141 cm³/mol. The van der Waals surface area contributed by atoms with Gasteiger partial charge in [-0.05, 0) is 78.8 Å². The minimum Gasteiger partial charge on any atom is -0.486 e. The zero-order valence-corrected chi connectivity index (χ0v) is 22.0. The number of carbonyl (C=O) groups excluding carboxylic acids is 1. The number of carbonyl (C=O) groups is 1. The number of nitrogens with zero attached hydrogens (tertiary/aromatic N) is 5. The number of hydrogen-bond acceptors (Lipinski definition) is 7. The highest BCUT2D eigenvalue weighted by molar-refractivity contribution is 6.28. The molecule has 2 aliphatic heterocycles. The van der Waals surface area contributed by atoms with Gasteiger partial charge in [0.1, 0.15) is 19.0 Å². The molecule has 0 unspecified atom stereocenters. The Kier molecular flexibility index (Phi) is 6.56. The van der Waals surface area contributed by atoms with Crippen molar-refractivity contribution in [2.75, 3.05) is 32.0 Å². The molecular formula is C27H33ClN6O3. The van der Waals surface area contributed by atoms with Crippen LogP contribution in [0.3, 0.4) is 0 Å². The van der Waals surface area contributed by atoms with Crippen LogP contribution >= 0.6 is 11.6 Å². The standard InChI is InChI=1S/C27H33ClN6O3/c1-16(35)33-8-5-17(6-9-33)7-10-34-23(30-24-25(29)31-27(28)32-26(24)34)14-19-13-21-22(37-12-11-36-21)15-20(19)18-3-2-4-18/h13,15,17-18H,2-12,14H2,1H3,(H2,29,31,32). The van der Waals surface area contributed by atoms with Crippen molar-refractivity contribution in [1.29, 1.82) is 0 Å². The summed E-state index contributed by atoms with van der Waals surface area (Å²) in [6, 6.07) is 4.31. The van der Waals surface area contributed by atoms with Crippen LogP contribution in [-0.4, -0.2) is 56.6 Å². The van der Waals surface area contributed by atoms with Crippen LogP contribution in [0.2, 0.25) is 5.28 Å². The van der Waals surface area contributed by atoms with Gasteiger partial charge in [0.2, 0.25) is 11.2 Å². The number of halogens is 1. The quantitative estimate of drug-likeness (QED) is 0.478. The van der Waals surface area contributed by atoms with Crippen molar-refractivity contribution in [1.82, 2.24) is 24.4 Å². The van der Waals surface area contributed by atoms with Gasteiger partial charge in [0.25, 0.3) is 0 Å². The number of aryl methyl sites for hydroxylation is 1. The Morgan fingerprint density at radius 1 is 1.08 bits per heavy atom. The number of amides is 1. The lowest BCUT2D eigenvalue weighted by atomic mass is 9.77. The Morgan fingerprint density at radius 2 is 1.81 bits per heavy atom. The van der Waals surface area contributed by atoms with Crippen molar-refractivity contribution in [2.24, 2.45) is 5.92 Å². The van der Waals surface area contributed by atoms with Crippen LogP contribution in [0.15, 0.2) is 12.1 Å². The molecule has 2 aromatic heterocycles. The number of nitrogens with two attached hydrogens (primary N) is 1. The van der Waals surface area contributed by atoms with Gasteiger partial charge in [0.05, 0.1) is 0 Å². The molecule has 1 aromatic carbocycles. The summed E-state index contributed by atoms with van der Waals surface area (Å²) < 4.78 is 14.0. The molecule has 1 aliphatic carbocycles. The smallest absolute Gasteiger partial charge is 0.226 e. The van der Waals surface area contributed by atoms with E-state index in [0.717, 1.165) is 56.2 Å². The van der Waals surface area contributed by atoms with Crippen LogP contribution in [0.25, 0.3) is 11.2 Å². The Hall–Kier alpha value is -3.07. The number of anilines is 1. The molecule has 0 atom stereocenters. The summed E-state index contributed by atoms with van der Waals surface area (Å²) in [6.07, 6.45) is 7.26. The maximum atomic E-state index is 11.7. The van der Waals surface area contributed by atoms with Gasteiger partial charge < -0.3 is 24.7 Å². The number of piperidine rings is 1. The lowest BCUT2D eigenvalue weighted by Crippen LogP contribution is -2.37. The van der Waals surface area contributed by atoms with Crippen LogP contribution in [0.4, 0.5) is 5.82 Å². The summed E-state index contributed by atoms with van der Waals surface area (Å²) in [5.41, 5.74) is 10.0. The van der Waals surface area contributed by atoms with Crippen LogP contribution in [0, 0.1) is 5.92 Å². The summed E-state index contributed by atoms with van der Waals surface area (Å²) in [5.74, 6) is 4.06. The van der Waals surface area contributed by atoms with E-state index in [4.69, 9.17) is 31.8 Å². The molecule has 2 N–H and O–H groups in total. The average Bonchev–Trinajstić information content (AvgIpc) is 3.19. The van der Waals surface area contributed by atoms with Gasteiger partial charge in [-0.1, -0.05) is 6.42 Å². The zero-order valence-electron chi connectivity index (χ0n) is 21.2. The van der Waals surface area contributed by atoms with Crippen LogP contribution in [0.5, 0.6) is 11.5 Å². The largest absolute Gasteiger partial charge is 0.486 e. The van der Waals surface area contributed by atoms with E-state index in [2.05, 4.69) is 26.7 Å². The van der Waals surface area contributed by atoms with Gasteiger partial charge in [-0.2, -0.15) is 9.97 Å². The summed E-state index contributed by atoms with van der Waals surface area (Å²) >= 11 is 6.22. The number of benzene rings is 1. The van der Waals surface area contributed by atoms with Crippen molar-refractivity contribution < 1.29 is 14.3 Å². The SMILES string of the molecule is CC(=O)N1CCC(CCn2c(Cc3cc4c(cc3C3CCC3)OCCO4)nc3c(N)nc(Cl)nc32)CC1. The van der Waals surface area contributed by atoms with E-state index in [1.165, 1.54) is 30.4 Å². The summed E-state index contributed by atoms with van der Waals surface area (Å²) in [4.78, 5) is 27.3. The summed E-state index contributed by atoms with van der Waals surface area (Å²) in [6.45, 7) is 5.18. The van der Waals surface area contributed by atoms with E-state index in [1.807, 2.05) is 4.90 Å². The van der Waals surface area contributed by atoms with E-state index < -0.39 is 0 Å². The van der Waals surface area contributed by atoms with E-state index in [1.54, 1.807) is 6.92 Å². The molecular weight excluding hydrogens is 492 g/mol. The first-order valence-electron chi connectivity index (χ1n) is 13.3. The third kappa shape index (κ3) is 4.81. The number of rotatable bonds is 6. The molecule has 0 radical (unpaired) electrons. The normalized spacial score (nSPS) is 18.3. The highest BCUT2D eigenvalue weighted by Gasteiger charge is 2.28. The molecule has 0 bridgehead atoms. The molecule has 3 aromatic rings. The first-order chi connectivity index (χ1) is 18.0. The van der Waals surface area contributed by atoms with Crippen molar-refractivity contribution >= 4 is 34.5 Å². The van der Waals surface area contributed by atoms with Crippen molar-refractivity contribution in [3.63, 3.8) is 0 Å². The minimum absolute atomic E-state index is 0.127. The second kappa shape index (κ2) is 10.0. The highest BCUT2D eigenvalue weighted by Crippen LogP contribution is 2.43. The molecule has 1 saturated carbocycles. The number of fused-ring (bicyclic) bond motifs is 2. The molecule has 9 nitrogen and oxygen atoms in total. The first-order valence-corrected chi connectivity index (χ1v) is 13.7. The molecule has 2 fully saturated rings. The minimum atomic E-state index is 0.127. The Bertz CT molecular complexity index is 1330. The molecule has 0 spiro atoms. The molecule has 1 saturated heterocycles. The molecule has 10 heteroatoms. The fourth-order valence-electron chi connectivity index (χ4n) is 5.83. The molecule has 6 rings (SSSR count).